The Hall–Kier alpha value is -1.60. The second-order valence-electron chi connectivity index (χ2n) is 4.84. The Labute approximate surface area is 117 Å². The van der Waals surface area contributed by atoms with E-state index in [0.29, 0.717) is 25.0 Å². The Morgan fingerprint density at radius 1 is 1.10 bits per heavy atom. The van der Waals surface area contributed by atoms with Gasteiger partial charge in [-0.2, -0.15) is 4.98 Å². The predicted molar refractivity (Wildman–Crippen MR) is 71.2 cm³/mol. The van der Waals surface area contributed by atoms with Gasteiger partial charge in [0.1, 0.15) is 0 Å². The normalized spacial score (nSPS) is 21.2. The summed E-state index contributed by atoms with van der Waals surface area (Å²) in [6.45, 7) is 3.03. The molecule has 0 atom stereocenters. The summed E-state index contributed by atoms with van der Waals surface area (Å²) in [7, 11) is 3.10. The average Bonchev–Trinajstić information content (AvgIpc) is 2.95. The van der Waals surface area contributed by atoms with Gasteiger partial charge in [0, 0.05) is 25.9 Å². The van der Waals surface area contributed by atoms with Crippen molar-refractivity contribution in [1.82, 2.24) is 9.97 Å². The topological polar surface area (TPSA) is 65.9 Å². The number of piperidine rings is 1. The van der Waals surface area contributed by atoms with E-state index in [4.69, 9.17) is 18.9 Å². The quantitative estimate of drug-likeness (QED) is 0.813. The van der Waals surface area contributed by atoms with Crippen molar-refractivity contribution in [2.75, 3.05) is 45.4 Å². The SMILES string of the molecule is COc1ncc(N2CCC3(CC2)OCCO3)nc1OC. The number of anilines is 1. The summed E-state index contributed by atoms with van der Waals surface area (Å²) in [4.78, 5) is 10.8. The molecule has 1 spiro atoms. The van der Waals surface area contributed by atoms with Crippen molar-refractivity contribution in [3.05, 3.63) is 6.20 Å². The largest absolute Gasteiger partial charge is 0.477 e. The van der Waals surface area contributed by atoms with Crippen LogP contribution in [0.2, 0.25) is 0 Å². The van der Waals surface area contributed by atoms with Gasteiger partial charge in [0.15, 0.2) is 11.6 Å². The van der Waals surface area contributed by atoms with Crippen LogP contribution >= 0.6 is 0 Å². The molecule has 0 aromatic carbocycles. The van der Waals surface area contributed by atoms with Crippen LogP contribution in [0.5, 0.6) is 11.8 Å². The number of ether oxygens (including phenoxy) is 4. The van der Waals surface area contributed by atoms with Crippen LogP contribution in [0.1, 0.15) is 12.8 Å². The third kappa shape index (κ3) is 2.38. The van der Waals surface area contributed by atoms with Gasteiger partial charge in [-0.1, -0.05) is 0 Å². The molecule has 0 saturated carbocycles. The molecule has 2 fully saturated rings. The zero-order chi connectivity index (χ0) is 14.0. The number of methoxy groups -OCH3 is 2. The van der Waals surface area contributed by atoms with Crippen LogP contribution in [0.15, 0.2) is 6.20 Å². The Balaban J connectivity index is 1.71. The molecule has 2 aliphatic rings. The molecular weight excluding hydrogens is 262 g/mol. The molecule has 1 aromatic heterocycles. The van der Waals surface area contributed by atoms with Crippen LogP contribution in [0.4, 0.5) is 5.82 Å². The van der Waals surface area contributed by atoms with E-state index < -0.39 is 0 Å². The Bertz CT molecular complexity index is 467. The lowest BCUT2D eigenvalue weighted by Gasteiger charge is -2.38. The fourth-order valence-electron chi connectivity index (χ4n) is 2.64. The van der Waals surface area contributed by atoms with Crippen molar-refractivity contribution in [3.63, 3.8) is 0 Å². The van der Waals surface area contributed by atoms with Crippen molar-refractivity contribution in [2.45, 2.75) is 18.6 Å². The number of aromatic nitrogens is 2. The molecule has 110 valence electrons. The maximum absolute atomic E-state index is 5.72. The van der Waals surface area contributed by atoms with E-state index in [2.05, 4.69) is 14.9 Å². The molecule has 0 aliphatic carbocycles. The number of hydrogen-bond acceptors (Lipinski definition) is 7. The highest BCUT2D eigenvalue weighted by Gasteiger charge is 2.40. The number of rotatable bonds is 3. The monoisotopic (exact) mass is 281 g/mol. The number of hydrogen-bond donors (Lipinski definition) is 0. The Morgan fingerprint density at radius 3 is 2.35 bits per heavy atom. The van der Waals surface area contributed by atoms with Crippen LogP contribution < -0.4 is 14.4 Å². The number of nitrogens with zero attached hydrogens (tertiary/aromatic N) is 3. The lowest BCUT2D eigenvalue weighted by atomic mass is 10.0. The highest BCUT2D eigenvalue weighted by molar-refractivity contribution is 5.42. The van der Waals surface area contributed by atoms with E-state index in [1.807, 2.05) is 0 Å². The zero-order valence-corrected chi connectivity index (χ0v) is 11.8. The van der Waals surface area contributed by atoms with E-state index in [0.717, 1.165) is 31.7 Å². The van der Waals surface area contributed by atoms with E-state index in [-0.39, 0.29) is 5.79 Å². The highest BCUT2D eigenvalue weighted by Crippen LogP contribution is 2.33. The van der Waals surface area contributed by atoms with E-state index in [9.17, 15) is 0 Å². The van der Waals surface area contributed by atoms with E-state index in [1.54, 1.807) is 20.4 Å². The van der Waals surface area contributed by atoms with Gasteiger partial charge < -0.3 is 23.8 Å². The van der Waals surface area contributed by atoms with E-state index >= 15 is 0 Å². The minimum atomic E-state index is -0.375. The highest BCUT2D eigenvalue weighted by atomic mass is 16.7. The van der Waals surface area contributed by atoms with Gasteiger partial charge in [0.2, 0.25) is 0 Å². The second-order valence-corrected chi connectivity index (χ2v) is 4.84. The van der Waals surface area contributed by atoms with Crippen molar-refractivity contribution >= 4 is 5.82 Å². The molecule has 2 saturated heterocycles. The molecule has 0 unspecified atom stereocenters. The molecule has 0 N–H and O–H groups in total. The molecule has 0 radical (unpaired) electrons. The summed E-state index contributed by atoms with van der Waals surface area (Å²) >= 11 is 0. The van der Waals surface area contributed by atoms with Crippen LogP contribution in [0.3, 0.4) is 0 Å². The summed E-state index contributed by atoms with van der Waals surface area (Å²) < 4.78 is 21.7. The smallest absolute Gasteiger partial charge is 0.279 e. The Kier molecular flexibility index (Phi) is 3.62. The second kappa shape index (κ2) is 5.41. The van der Waals surface area contributed by atoms with Crippen LogP contribution in [0, 0.1) is 0 Å². The standard InChI is InChI=1S/C13H19N3O4/c1-17-11-12(18-2)15-10(9-14-11)16-5-3-13(4-6-16)19-7-8-20-13/h9H,3-8H2,1-2H3. The summed E-state index contributed by atoms with van der Waals surface area (Å²) in [5, 5.41) is 0. The zero-order valence-electron chi connectivity index (χ0n) is 11.8. The van der Waals surface area contributed by atoms with Gasteiger partial charge in [-0.3, -0.25) is 0 Å². The molecule has 0 bridgehead atoms. The van der Waals surface area contributed by atoms with Gasteiger partial charge in [-0.05, 0) is 0 Å². The van der Waals surface area contributed by atoms with Crippen molar-refractivity contribution < 1.29 is 18.9 Å². The minimum absolute atomic E-state index is 0.375. The molecule has 7 nitrogen and oxygen atoms in total. The molecular formula is C13H19N3O4. The van der Waals surface area contributed by atoms with Gasteiger partial charge in [-0.25, -0.2) is 4.98 Å². The predicted octanol–water partition coefficient (Wildman–Crippen LogP) is 0.837. The summed E-state index contributed by atoms with van der Waals surface area (Å²) in [6, 6.07) is 0. The third-order valence-electron chi connectivity index (χ3n) is 3.75. The Morgan fingerprint density at radius 2 is 1.75 bits per heavy atom. The molecule has 2 aliphatic heterocycles. The lowest BCUT2D eigenvalue weighted by molar-refractivity contribution is -0.169. The summed E-state index contributed by atoms with van der Waals surface area (Å²) in [6.07, 6.45) is 3.38. The minimum Gasteiger partial charge on any atom is -0.477 e. The van der Waals surface area contributed by atoms with Gasteiger partial charge in [-0.15, -0.1) is 0 Å². The third-order valence-corrected chi connectivity index (χ3v) is 3.75. The lowest BCUT2D eigenvalue weighted by Crippen LogP contribution is -2.45. The molecule has 7 heteroatoms. The molecule has 0 amide bonds. The maximum atomic E-state index is 5.72. The fourth-order valence-corrected chi connectivity index (χ4v) is 2.64. The first-order valence-electron chi connectivity index (χ1n) is 6.74. The van der Waals surface area contributed by atoms with Crippen LogP contribution in [-0.4, -0.2) is 56.3 Å². The summed E-state index contributed by atoms with van der Waals surface area (Å²) in [5.74, 6) is 1.21. The fraction of sp³-hybridized carbons (Fsp3) is 0.692. The first-order chi connectivity index (χ1) is 9.76. The summed E-state index contributed by atoms with van der Waals surface area (Å²) in [5.41, 5.74) is 0. The molecule has 3 rings (SSSR count). The van der Waals surface area contributed by atoms with Crippen LogP contribution in [-0.2, 0) is 9.47 Å². The molecule has 3 heterocycles. The first kappa shape index (κ1) is 13.4. The van der Waals surface area contributed by atoms with Gasteiger partial charge in [0.25, 0.3) is 11.8 Å². The van der Waals surface area contributed by atoms with Crippen LogP contribution in [0.25, 0.3) is 0 Å². The van der Waals surface area contributed by atoms with Gasteiger partial charge in [0.05, 0.1) is 33.6 Å². The molecule has 20 heavy (non-hydrogen) atoms. The average molecular weight is 281 g/mol. The molecule has 1 aromatic rings. The van der Waals surface area contributed by atoms with Crippen molar-refractivity contribution in [3.8, 4) is 11.8 Å². The van der Waals surface area contributed by atoms with E-state index in [1.165, 1.54) is 0 Å². The maximum Gasteiger partial charge on any atom is 0.279 e. The first-order valence-corrected chi connectivity index (χ1v) is 6.74. The van der Waals surface area contributed by atoms with Crippen molar-refractivity contribution in [1.29, 1.82) is 0 Å². The van der Waals surface area contributed by atoms with Crippen molar-refractivity contribution in [2.24, 2.45) is 0 Å². The van der Waals surface area contributed by atoms with Gasteiger partial charge >= 0.3 is 0 Å².